The van der Waals surface area contributed by atoms with E-state index in [2.05, 4.69) is 5.10 Å². The zero-order chi connectivity index (χ0) is 22.3. The maximum absolute atomic E-state index is 5.46. The molecule has 1 aromatic heterocycles. The van der Waals surface area contributed by atoms with Crippen LogP contribution in [0.2, 0.25) is 0 Å². The van der Waals surface area contributed by atoms with E-state index in [1.165, 1.54) is 0 Å². The van der Waals surface area contributed by atoms with Crippen LogP contribution in [0.5, 0.6) is 11.5 Å². The van der Waals surface area contributed by atoms with Crippen LogP contribution in [0, 0.1) is 0 Å². The van der Waals surface area contributed by atoms with E-state index in [4.69, 9.17) is 19.4 Å². The maximum atomic E-state index is 5.46. The van der Waals surface area contributed by atoms with Crippen molar-refractivity contribution in [2.24, 2.45) is 5.10 Å². The van der Waals surface area contributed by atoms with Crippen molar-refractivity contribution in [2.75, 3.05) is 26.3 Å². The largest absolute Gasteiger partial charge is 0.497 e. The molecule has 0 spiro atoms. The summed E-state index contributed by atoms with van der Waals surface area (Å²) in [6.45, 7) is 0. The van der Waals surface area contributed by atoms with Gasteiger partial charge < -0.3 is 9.47 Å². The van der Waals surface area contributed by atoms with Crippen LogP contribution in [0.1, 0.15) is 5.56 Å². The van der Waals surface area contributed by atoms with Gasteiger partial charge in [-0.25, -0.2) is 15.0 Å². The summed E-state index contributed by atoms with van der Waals surface area (Å²) in [5.74, 6) is 1.89. The molecule has 0 amide bonds. The van der Waals surface area contributed by atoms with Crippen molar-refractivity contribution >= 4 is 12.2 Å². The predicted molar refractivity (Wildman–Crippen MR) is 128 cm³/mol. The quantitative estimate of drug-likeness (QED) is 0.298. The van der Waals surface area contributed by atoms with Gasteiger partial charge in [0, 0.05) is 29.8 Å². The molecule has 160 valence electrons. The molecule has 0 unspecified atom stereocenters. The standard InChI is InChI=1S/C26H24N4O2/c1-30(27-18-21-14-15-22(31-2)16-25(21)32-3)26-28-23(19-10-6-4-7-11-19)17-24(29-26)20-12-8-5-9-13-20/h4-18H,1-3H3/b27-18+. The average molecular weight is 425 g/mol. The minimum atomic E-state index is 0.494. The lowest BCUT2D eigenvalue weighted by atomic mass is 10.1. The van der Waals surface area contributed by atoms with E-state index in [-0.39, 0.29) is 0 Å². The zero-order valence-corrected chi connectivity index (χ0v) is 18.3. The first kappa shape index (κ1) is 21.1. The van der Waals surface area contributed by atoms with E-state index >= 15 is 0 Å². The molecular formula is C26H24N4O2. The Labute approximate surface area is 187 Å². The maximum Gasteiger partial charge on any atom is 0.247 e. The first-order valence-electron chi connectivity index (χ1n) is 10.2. The van der Waals surface area contributed by atoms with Crippen molar-refractivity contribution in [3.8, 4) is 34.0 Å². The Morgan fingerprint density at radius 3 is 1.88 bits per heavy atom. The molecule has 3 aromatic carbocycles. The highest BCUT2D eigenvalue weighted by Crippen LogP contribution is 2.27. The van der Waals surface area contributed by atoms with Crippen LogP contribution >= 0.6 is 0 Å². The van der Waals surface area contributed by atoms with Crippen molar-refractivity contribution in [2.45, 2.75) is 0 Å². The molecule has 0 fully saturated rings. The summed E-state index contributed by atoms with van der Waals surface area (Å²) in [5.41, 5.74) is 4.52. The third-order valence-corrected chi connectivity index (χ3v) is 4.95. The molecule has 0 saturated carbocycles. The van der Waals surface area contributed by atoms with Crippen molar-refractivity contribution in [3.05, 3.63) is 90.5 Å². The number of benzene rings is 3. The number of hydrogen-bond donors (Lipinski definition) is 0. The molecule has 0 aliphatic heterocycles. The fourth-order valence-electron chi connectivity index (χ4n) is 3.22. The molecule has 1 heterocycles. The molecule has 4 aromatic rings. The molecule has 0 atom stereocenters. The number of rotatable bonds is 7. The van der Waals surface area contributed by atoms with Crippen LogP contribution in [0.4, 0.5) is 5.95 Å². The highest BCUT2D eigenvalue weighted by Gasteiger charge is 2.12. The Kier molecular flexibility index (Phi) is 6.41. The van der Waals surface area contributed by atoms with Gasteiger partial charge in [-0.2, -0.15) is 5.10 Å². The second-order valence-electron chi connectivity index (χ2n) is 7.05. The van der Waals surface area contributed by atoms with E-state index < -0.39 is 0 Å². The molecule has 0 N–H and O–H groups in total. The minimum Gasteiger partial charge on any atom is -0.497 e. The smallest absolute Gasteiger partial charge is 0.247 e. The predicted octanol–water partition coefficient (Wildman–Crippen LogP) is 5.30. The Hall–Kier alpha value is -4.19. The Morgan fingerprint density at radius 1 is 0.750 bits per heavy atom. The Balaban J connectivity index is 1.71. The summed E-state index contributed by atoms with van der Waals surface area (Å²) >= 11 is 0. The molecule has 4 rings (SSSR count). The fraction of sp³-hybridized carbons (Fsp3) is 0.115. The highest BCUT2D eigenvalue weighted by molar-refractivity contribution is 5.84. The molecule has 6 heteroatoms. The fourth-order valence-corrected chi connectivity index (χ4v) is 3.22. The third kappa shape index (κ3) is 4.75. The van der Waals surface area contributed by atoms with E-state index in [0.717, 1.165) is 33.8 Å². The van der Waals surface area contributed by atoms with Crippen molar-refractivity contribution < 1.29 is 9.47 Å². The van der Waals surface area contributed by atoms with Gasteiger partial charge in [-0.15, -0.1) is 0 Å². The number of nitrogens with zero attached hydrogens (tertiary/aromatic N) is 4. The van der Waals surface area contributed by atoms with E-state index in [0.29, 0.717) is 11.7 Å². The molecule has 6 nitrogen and oxygen atoms in total. The van der Waals surface area contributed by atoms with Gasteiger partial charge in [0.1, 0.15) is 11.5 Å². The van der Waals surface area contributed by atoms with E-state index in [1.807, 2.05) is 92.0 Å². The second-order valence-corrected chi connectivity index (χ2v) is 7.05. The van der Waals surface area contributed by atoms with Gasteiger partial charge >= 0.3 is 0 Å². The van der Waals surface area contributed by atoms with Crippen molar-refractivity contribution in [1.29, 1.82) is 0 Å². The Bertz CT molecular complexity index is 1150. The molecule has 0 aliphatic carbocycles. The summed E-state index contributed by atoms with van der Waals surface area (Å²) in [7, 11) is 5.07. The molecule has 0 saturated heterocycles. The lowest BCUT2D eigenvalue weighted by Crippen LogP contribution is -2.13. The third-order valence-electron chi connectivity index (χ3n) is 4.95. The van der Waals surface area contributed by atoms with Crippen molar-refractivity contribution in [1.82, 2.24) is 9.97 Å². The van der Waals surface area contributed by atoms with Gasteiger partial charge in [-0.3, -0.25) is 0 Å². The summed E-state index contributed by atoms with van der Waals surface area (Å²) in [5, 5.41) is 6.22. The molecule has 0 bridgehead atoms. The van der Waals surface area contributed by atoms with Gasteiger partial charge in [-0.05, 0) is 18.2 Å². The molecule has 0 aliphatic rings. The molecular weight excluding hydrogens is 400 g/mol. The van der Waals surface area contributed by atoms with Crippen LogP contribution in [0.25, 0.3) is 22.5 Å². The first-order chi connectivity index (χ1) is 15.7. The number of methoxy groups -OCH3 is 2. The number of hydrogen-bond acceptors (Lipinski definition) is 6. The number of hydrazone groups is 1. The van der Waals surface area contributed by atoms with Gasteiger partial charge in [0.15, 0.2) is 0 Å². The molecule has 32 heavy (non-hydrogen) atoms. The number of anilines is 1. The van der Waals surface area contributed by atoms with Crippen molar-refractivity contribution in [3.63, 3.8) is 0 Å². The minimum absolute atomic E-state index is 0.494. The van der Waals surface area contributed by atoms with Gasteiger partial charge in [0.25, 0.3) is 0 Å². The zero-order valence-electron chi connectivity index (χ0n) is 18.3. The normalized spacial score (nSPS) is 10.8. The Morgan fingerprint density at radius 2 is 1.34 bits per heavy atom. The summed E-state index contributed by atoms with van der Waals surface area (Å²) in [6.07, 6.45) is 1.72. The van der Waals surface area contributed by atoms with Gasteiger partial charge in [-0.1, -0.05) is 60.7 Å². The van der Waals surface area contributed by atoms with E-state index in [1.54, 1.807) is 25.4 Å². The van der Waals surface area contributed by atoms with Crippen LogP contribution in [-0.2, 0) is 0 Å². The monoisotopic (exact) mass is 424 g/mol. The highest BCUT2D eigenvalue weighted by atomic mass is 16.5. The molecule has 0 radical (unpaired) electrons. The summed E-state index contributed by atoms with van der Waals surface area (Å²) < 4.78 is 10.7. The lowest BCUT2D eigenvalue weighted by molar-refractivity contribution is 0.394. The van der Waals surface area contributed by atoms with Gasteiger partial charge in [0.05, 0.1) is 31.8 Å². The van der Waals surface area contributed by atoms with Crippen LogP contribution in [-0.4, -0.2) is 37.4 Å². The van der Waals surface area contributed by atoms with Crippen LogP contribution < -0.4 is 14.5 Å². The SMILES string of the molecule is COc1ccc(/C=N/N(C)c2nc(-c3ccccc3)cc(-c3ccccc3)n2)c(OC)c1. The summed E-state index contributed by atoms with van der Waals surface area (Å²) in [4.78, 5) is 9.52. The summed E-state index contributed by atoms with van der Waals surface area (Å²) in [6, 6.07) is 27.7. The van der Waals surface area contributed by atoms with Gasteiger partial charge in [0.2, 0.25) is 5.95 Å². The van der Waals surface area contributed by atoms with Crippen LogP contribution in [0.3, 0.4) is 0 Å². The average Bonchev–Trinajstić information content (AvgIpc) is 2.87. The first-order valence-corrected chi connectivity index (χ1v) is 10.2. The number of aromatic nitrogens is 2. The number of ether oxygens (including phenoxy) is 2. The lowest BCUT2D eigenvalue weighted by Gasteiger charge is -2.14. The topological polar surface area (TPSA) is 59.8 Å². The van der Waals surface area contributed by atoms with E-state index in [9.17, 15) is 0 Å². The van der Waals surface area contributed by atoms with Crippen LogP contribution in [0.15, 0.2) is 90.0 Å². The second kappa shape index (κ2) is 9.75.